The van der Waals surface area contributed by atoms with Gasteiger partial charge in [0.1, 0.15) is 0 Å². The Balaban J connectivity index is 2.93. The number of aliphatic imine (C=N–C) groups is 1. The maximum Gasteiger partial charge on any atom is 0.0916 e. The van der Waals surface area contributed by atoms with E-state index < -0.39 is 5.60 Å². The smallest absolute Gasteiger partial charge is 0.0916 e. The Morgan fingerprint density at radius 3 is 2.80 bits per heavy atom. The highest BCUT2D eigenvalue weighted by atomic mass is 32.2. The van der Waals surface area contributed by atoms with Crippen LogP contribution in [-0.4, -0.2) is 34.2 Å². The molecule has 1 unspecified atom stereocenters. The van der Waals surface area contributed by atoms with Crippen molar-refractivity contribution in [2.45, 2.75) is 32.4 Å². The van der Waals surface area contributed by atoms with Crippen molar-refractivity contribution in [3.05, 3.63) is 23.4 Å². The molecule has 1 aliphatic heterocycles. The lowest BCUT2D eigenvalue weighted by Crippen LogP contribution is -2.21. The van der Waals surface area contributed by atoms with Gasteiger partial charge in [0.25, 0.3) is 0 Å². The molecule has 3 nitrogen and oxygen atoms in total. The molecule has 0 bridgehead atoms. The molecule has 0 aromatic carbocycles. The maximum atomic E-state index is 9.93. The van der Waals surface area contributed by atoms with Crippen LogP contribution in [0.3, 0.4) is 0 Å². The first kappa shape index (κ1) is 12.3. The third-order valence-corrected chi connectivity index (χ3v) is 3.09. The minimum absolute atomic E-state index is 0.175. The fraction of sp³-hybridized carbons (Fsp3) is 0.545. The second-order valence-electron chi connectivity index (χ2n) is 4.17. The Morgan fingerprint density at radius 2 is 2.20 bits per heavy atom. The van der Waals surface area contributed by atoms with Crippen LogP contribution in [0.5, 0.6) is 0 Å². The zero-order chi connectivity index (χ0) is 11.5. The van der Waals surface area contributed by atoms with Gasteiger partial charge in [0.05, 0.1) is 17.2 Å². The highest BCUT2D eigenvalue weighted by Gasteiger charge is 2.20. The largest absolute Gasteiger partial charge is 0.385 e. The van der Waals surface area contributed by atoms with E-state index in [4.69, 9.17) is 0 Å². The van der Waals surface area contributed by atoms with Crippen LogP contribution in [0.2, 0.25) is 0 Å². The second-order valence-corrected chi connectivity index (χ2v) is 5.06. The summed E-state index contributed by atoms with van der Waals surface area (Å²) in [6.07, 6.45) is 5.89. The van der Waals surface area contributed by atoms with Gasteiger partial charge in [-0.1, -0.05) is 11.8 Å². The molecule has 4 heteroatoms. The fourth-order valence-corrected chi connectivity index (χ4v) is 1.94. The van der Waals surface area contributed by atoms with E-state index in [2.05, 4.69) is 4.99 Å². The molecule has 0 fully saturated rings. The van der Waals surface area contributed by atoms with Crippen molar-refractivity contribution >= 4 is 17.3 Å². The lowest BCUT2D eigenvalue weighted by Gasteiger charge is -2.21. The molecule has 1 N–H and O–H groups in total. The van der Waals surface area contributed by atoms with Gasteiger partial charge in [0.15, 0.2) is 0 Å². The molecule has 15 heavy (non-hydrogen) atoms. The Morgan fingerprint density at radius 1 is 1.53 bits per heavy atom. The number of nitrogens with zero attached hydrogens (tertiary/aromatic N) is 2. The topological polar surface area (TPSA) is 35.8 Å². The summed E-state index contributed by atoms with van der Waals surface area (Å²) in [6, 6.07) is 0.175. The standard InChI is InChI=1S/C11H18N2OS/c1-9-5-6-13(4)7-10(11(2,3)14)15-8-12-9/h5-9,14H,1-4H3/b6-5?,10-7-,12-8?. The zero-order valence-corrected chi connectivity index (χ0v) is 10.5. The van der Waals surface area contributed by atoms with Crippen LogP contribution in [0.15, 0.2) is 28.4 Å². The molecule has 1 atom stereocenters. The van der Waals surface area contributed by atoms with Crippen LogP contribution in [0, 0.1) is 0 Å². The van der Waals surface area contributed by atoms with E-state index in [9.17, 15) is 5.11 Å². The Hall–Kier alpha value is -0.740. The summed E-state index contributed by atoms with van der Waals surface area (Å²) < 4.78 is 0. The van der Waals surface area contributed by atoms with Gasteiger partial charge in [-0.15, -0.1) is 0 Å². The molecular weight excluding hydrogens is 208 g/mol. The summed E-state index contributed by atoms with van der Waals surface area (Å²) in [5.41, 5.74) is 0.963. The number of hydrogen-bond donors (Lipinski definition) is 1. The summed E-state index contributed by atoms with van der Waals surface area (Å²) in [6.45, 7) is 5.58. The Labute approximate surface area is 95.6 Å². The van der Waals surface area contributed by atoms with Gasteiger partial charge in [-0.3, -0.25) is 4.99 Å². The van der Waals surface area contributed by atoms with E-state index in [1.54, 1.807) is 19.4 Å². The predicted molar refractivity (Wildman–Crippen MR) is 66.8 cm³/mol. The van der Waals surface area contributed by atoms with Crippen LogP contribution in [0.4, 0.5) is 0 Å². The first-order chi connectivity index (χ1) is 6.89. The van der Waals surface area contributed by atoms with Crippen molar-refractivity contribution in [2.75, 3.05) is 7.05 Å². The Bertz CT molecular complexity index is 302. The minimum atomic E-state index is -0.827. The highest BCUT2D eigenvalue weighted by molar-refractivity contribution is 8.15. The predicted octanol–water partition coefficient (Wildman–Crippen LogP) is 2.21. The van der Waals surface area contributed by atoms with Crippen LogP contribution in [0.1, 0.15) is 20.8 Å². The van der Waals surface area contributed by atoms with E-state index in [-0.39, 0.29) is 6.04 Å². The molecule has 0 saturated heterocycles. The number of hydrogen-bond acceptors (Lipinski definition) is 4. The lowest BCUT2D eigenvalue weighted by molar-refractivity contribution is 0.128. The van der Waals surface area contributed by atoms with E-state index in [0.717, 1.165) is 4.91 Å². The highest BCUT2D eigenvalue weighted by Crippen LogP contribution is 2.27. The molecule has 84 valence electrons. The van der Waals surface area contributed by atoms with Crippen molar-refractivity contribution in [1.82, 2.24) is 4.90 Å². The number of rotatable bonds is 1. The summed E-state index contributed by atoms with van der Waals surface area (Å²) in [4.78, 5) is 7.13. The molecule has 0 amide bonds. The zero-order valence-electron chi connectivity index (χ0n) is 9.64. The van der Waals surface area contributed by atoms with Crippen molar-refractivity contribution in [1.29, 1.82) is 0 Å². The average Bonchev–Trinajstić information content (AvgIpc) is 2.17. The molecular formula is C11H18N2OS. The maximum absolute atomic E-state index is 9.93. The van der Waals surface area contributed by atoms with Gasteiger partial charge in [-0.2, -0.15) is 0 Å². The summed E-state index contributed by atoms with van der Waals surface area (Å²) >= 11 is 1.46. The molecule has 0 spiro atoms. The number of thioether (sulfide) groups is 1. The van der Waals surface area contributed by atoms with Gasteiger partial charge in [0, 0.05) is 24.4 Å². The van der Waals surface area contributed by atoms with E-state index in [1.165, 1.54) is 11.8 Å². The quantitative estimate of drug-likeness (QED) is 0.744. The normalized spacial score (nSPS) is 26.6. The monoisotopic (exact) mass is 226 g/mol. The SMILES string of the molecule is CC1C=CN(C)/C=C(/C(C)(C)O)SC=N1. The van der Waals surface area contributed by atoms with Gasteiger partial charge >= 0.3 is 0 Å². The summed E-state index contributed by atoms with van der Waals surface area (Å²) in [7, 11) is 1.95. The summed E-state index contributed by atoms with van der Waals surface area (Å²) in [5.74, 6) is 0. The van der Waals surface area contributed by atoms with E-state index >= 15 is 0 Å². The van der Waals surface area contributed by atoms with Gasteiger partial charge < -0.3 is 10.0 Å². The van der Waals surface area contributed by atoms with E-state index in [1.807, 2.05) is 37.3 Å². The van der Waals surface area contributed by atoms with Gasteiger partial charge in [-0.05, 0) is 26.8 Å². The van der Waals surface area contributed by atoms with Crippen molar-refractivity contribution < 1.29 is 5.11 Å². The minimum Gasteiger partial charge on any atom is -0.385 e. The first-order valence-corrected chi connectivity index (χ1v) is 5.81. The summed E-state index contributed by atoms with van der Waals surface area (Å²) in [5, 5.41) is 9.93. The van der Waals surface area contributed by atoms with Crippen molar-refractivity contribution in [2.24, 2.45) is 4.99 Å². The fourth-order valence-electron chi connectivity index (χ4n) is 1.05. The number of aliphatic hydroxyl groups is 1. The van der Waals surface area contributed by atoms with Crippen LogP contribution >= 0.6 is 11.8 Å². The van der Waals surface area contributed by atoms with Gasteiger partial charge in [-0.25, -0.2) is 0 Å². The van der Waals surface area contributed by atoms with E-state index in [0.29, 0.717) is 0 Å². The van der Waals surface area contributed by atoms with Crippen molar-refractivity contribution in [3.8, 4) is 0 Å². The molecule has 0 aliphatic carbocycles. The molecule has 1 aliphatic rings. The first-order valence-electron chi connectivity index (χ1n) is 4.93. The molecule has 0 aromatic heterocycles. The molecule has 1 rings (SSSR count). The second kappa shape index (κ2) is 4.86. The average molecular weight is 226 g/mol. The lowest BCUT2D eigenvalue weighted by atomic mass is 10.1. The van der Waals surface area contributed by atoms with Crippen molar-refractivity contribution in [3.63, 3.8) is 0 Å². The van der Waals surface area contributed by atoms with Crippen LogP contribution in [-0.2, 0) is 0 Å². The third-order valence-electron chi connectivity index (χ3n) is 2.00. The molecule has 0 aromatic rings. The molecule has 0 radical (unpaired) electrons. The van der Waals surface area contributed by atoms with Crippen LogP contribution < -0.4 is 0 Å². The van der Waals surface area contributed by atoms with Crippen LogP contribution in [0.25, 0.3) is 0 Å². The van der Waals surface area contributed by atoms with Gasteiger partial charge in [0.2, 0.25) is 0 Å². The third kappa shape index (κ3) is 4.10. The molecule has 0 saturated carbocycles. The Kier molecular flexibility index (Phi) is 3.99. The molecule has 1 heterocycles.